The molecule has 1 aliphatic carbocycles. The molecule has 1 atom stereocenters. The average molecular weight is 307 g/mol. The van der Waals surface area contributed by atoms with Crippen molar-refractivity contribution < 1.29 is 4.21 Å². The van der Waals surface area contributed by atoms with E-state index in [4.69, 9.17) is 0 Å². The fraction of sp³-hybridized carbons (Fsp3) is 0.562. The number of hydrogen-bond donors (Lipinski definition) is 2. The van der Waals surface area contributed by atoms with Crippen LogP contribution in [0, 0.1) is 0 Å². The zero-order valence-corrected chi connectivity index (χ0v) is 13.5. The lowest BCUT2D eigenvalue weighted by molar-refractivity contribution is 0.615. The van der Waals surface area contributed by atoms with Crippen LogP contribution in [-0.4, -0.2) is 35.6 Å². The van der Waals surface area contributed by atoms with Gasteiger partial charge in [0.15, 0.2) is 5.96 Å². The monoisotopic (exact) mass is 307 g/mol. The van der Waals surface area contributed by atoms with Crippen molar-refractivity contribution in [3.05, 3.63) is 35.9 Å². The van der Waals surface area contributed by atoms with Gasteiger partial charge in [-0.1, -0.05) is 43.2 Å². The molecule has 0 radical (unpaired) electrons. The Hall–Kier alpha value is -1.36. The quantitative estimate of drug-likeness (QED) is 0.625. The highest BCUT2D eigenvalue weighted by Gasteiger charge is 2.15. The summed E-state index contributed by atoms with van der Waals surface area (Å²) < 4.78 is 12.0. The van der Waals surface area contributed by atoms with Gasteiger partial charge >= 0.3 is 0 Å². The van der Waals surface area contributed by atoms with Gasteiger partial charge in [0.25, 0.3) is 0 Å². The van der Waals surface area contributed by atoms with E-state index in [1.54, 1.807) is 7.05 Å². The van der Waals surface area contributed by atoms with Crippen LogP contribution in [0.15, 0.2) is 35.3 Å². The number of aliphatic imine (C=N–C) groups is 1. The lowest BCUT2D eigenvalue weighted by Gasteiger charge is -2.16. The molecular weight excluding hydrogens is 282 g/mol. The summed E-state index contributed by atoms with van der Waals surface area (Å²) in [7, 11) is 0.944. The first-order valence-corrected chi connectivity index (χ1v) is 9.13. The summed E-state index contributed by atoms with van der Waals surface area (Å²) >= 11 is 0. The molecule has 5 heteroatoms. The van der Waals surface area contributed by atoms with Gasteiger partial charge in [-0.2, -0.15) is 0 Å². The summed E-state index contributed by atoms with van der Waals surface area (Å²) in [5, 5.41) is 6.69. The minimum atomic E-state index is -0.839. The molecule has 0 aliphatic heterocycles. The summed E-state index contributed by atoms with van der Waals surface area (Å²) in [4.78, 5) is 4.23. The van der Waals surface area contributed by atoms with E-state index in [1.807, 2.05) is 30.3 Å². The molecular formula is C16H25N3OS. The Morgan fingerprint density at radius 1 is 1.29 bits per heavy atom. The molecule has 0 spiro atoms. The number of hydrogen-bond acceptors (Lipinski definition) is 2. The van der Waals surface area contributed by atoms with Gasteiger partial charge < -0.3 is 10.6 Å². The first-order chi connectivity index (χ1) is 10.3. The molecule has 1 fully saturated rings. The molecule has 0 aromatic heterocycles. The fourth-order valence-electron chi connectivity index (χ4n) is 2.57. The maximum absolute atomic E-state index is 12.0. The molecule has 1 aromatic rings. The maximum atomic E-state index is 12.0. The van der Waals surface area contributed by atoms with Crippen LogP contribution in [0.5, 0.6) is 0 Å². The van der Waals surface area contributed by atoms with Gasteiger partial charge in [-0.3, -0.25) is 9.20 Å². The Morgan fingerprint density at radius 2 is 2.00 bits per heavy atom. The number of nitrogens with zero attached hydrogens (tertiary/aromatic N) is 1. The van der Waals surface area contributed by atoms with Crippen LogP contribution in [-0.2, 0) is 16.6 Å². The fourth-order valence-corrected chi connectivity index (χ4v) is 3.61. The predicted molar refractivity (Wildman–Crippen MR) is 89.9 cm³/mol. The van der Waals surface area contributed by atoms with Crippen molar-refractivity contribution >= 4 is 16.8 Å². The molecule has 0 bridgehead atoms. The van der Waals surface area contributed by atoms with Crippen LogP contribution in [0.25, 0.3) is 0 Å². The molecule has 1 saturated carbocycles. The predicted octanol–water partition coefficient (Wildman–Crippen LogP) is 2.04. The molecule has 21 heavy (non-hydrogen) atoms. The van der Waals surface area contributed by atoms with Crippen LogP contribution >= 0.6 is 0 Å². The third kappa shape index (κ3) is 5.87. The van der Waals surface area contributed by atoms with Gasteiger partial charge in [-0.15, -0.1) is 0 Å². The Balaban J connectivity index is 1.66. The van der Waals surface area contributed by atoms with Crippen LogP contribution in [0.3, 0.4) is 0 Å². The van der Waals surface area contributed by atoms with Gasteiger partial charge in [-0.05, 0) is 18.4 Å². The number of nitrogens with one attached hydrogen (secondary N) is 2. The van der Waals surface area contributed by atoms with E-state index in [9.17, 15) is 4.21 Å². The standard InChI is InChI=1S/C16H25N3OS/c1-17-16(19-15-9-5-6-10-15)18-11-12-21(20)13-14-7-3-2-4-8-14/h2-4,7-8,15H,5-6,9-13H2,1H3,(H2,17,18,19). The molecule has 1 aliphatic rings. The number of benzene rings is 1. The molecule has 0 saturated heterocycles. The summed E-state index contributed by atoms with van der Waals surface area (Å²) in [6.07, 6.45) is 5.05. The summed E-state index contributed by atoms with van der Waals surface area (Å²) in [6.45, 7) is 0.686. The molecule has 2 rings (SSSR count). The van der Waals surface area contributed by atoms with Crippen molar-refractivity contribution in [1.82, 2.24) is 10.6 Å². The smallest absolute Gasteiger partial charge is 0.191 e. The highest BCUT2D eigenvalue weighted by molar-refractivity contribution is 7.84. The van der Waals surface area contributed by atoms with Crippen molar-refractivity contribution in [1.29, 1.82) is 0 Å². The van der Waals surface area contributed by atoms with Crippen molar-refractivity contribution in [2.75, 3.05) is 19.3 Å². The molecule has 0 heterocycles. The van der Waals surface area contributed by atoms with Crippen LogP contribution in [0.2, 0.25) is 0 Å². The van der Waals surface area contributed by atoms with Gasteiger partial charge in [0.1, 0.15) is 0 Å². The van der Waals surface area contributed by atoms with E-state index >= 15 is 0 Å². The zero-order valence-electron chi connectivity index (χ0n) is 12.7. The van der Waals surface area contributed by atoms with Gasteiger partial charge in [0, 0.05) is 41.9 Å². The van der Waals surface area contributed by atoms with E-state index in [0.29, 0.717) is 24.1 Å². The molecule has 116 valence electrons. The molecule has 0 amide bonds. The van der Waals surface area contributed by atoms with E-state index in [0.717, 1.165) is 11.5 Å². The second-order valence-corrected chi connectivity index (χ2v) is 6.98. The minimum Gasteiger partial charge on any atom is -0.355 e. The second kappa shape index (κ2) is 8.82. The van der Waals surface area contributed by atoms with Gasteiger partial charge in [-0.25, -0.2) is 0 Å². The number of guanidine groups is 1. The van der Waals surface area contributed by atoms with Gasteiger partial charge in [0.2, 0.25) is 0 Å². The van der Waals surface area contributed by atoms with E-state index in [1.165, 1.54) is 25.7 Å². The largest absolute Gasteiger partial charge is 0.355 e. The lowest BCUT2D eigenvalue weighted by Crippen LogP contribution is -2.43. The SMILES string of the molecule is CN=C(NCCS(=O)Cc1ccccc1)NC1CCCC1. The Morgan fingerprint density at radius 3 is 2.67 bits per heavy atom. The van der Waals surface area contributed by atoms with Crippen LogP contribution in [0.4, 0.5) is 0 Å². The van der Waals surface area contributed by atoms with E-state index in [-0.39, 0.29) is 0 Å². The topological polar surface area (TPSA) is 53.5 Å². The average Bonchev–Trinajstić information content (AvgIpc) is 3.00. The third-order valence-corrected chi connectivity index (χ3v) is 5.03. The summed E-state index contributed by atoms with van der Waals surface area (Å²) in [5.74, 6) is 2.09. The van der Waals surface area contributed by atoms with Crippen molar-refractivity contribution in [2.24, 2.45) is 4.99 Å². The lowest BCUT2D eigenvalue weighted by atomic mass is 10.2. The van der Waals surface area contributed by atoms with E-state index < -0.39 is 10.8 Å². The summed E-state index contributed by atoms with van der Waals surface area (Å²) in [6, 6.07) is 10.5. The van der Waals surface area contributed by atoms with Crippen molar-refractivity contribution in [2.45, 2.75) is 37.5 Å². The minimum absolute atomic E-state index is 0.547. The van der Waals surface area contributed by atoms with Crippen molar-refractivity contribution in [3.63, 3.8) is 0 Å². The zero-order chi connectivity index (χ0) is 14.9. The number of rotatable bonds is 6. The highest BCUT2D eigenvalue weighted by atomic mass is 32.2. The first kappa shape index (κ1) is 16.0. The molecule has 1 aromatic carbocycles. The normalized spacial score (nSPS) is 17.7. The van der Waals surface area contributed by atoms with Crippen LogP contribution < -0.4 is 10.6 Å². The first-order valence-electron chi connectivity index (χ1n) is 7.64. The van der Waals surface area contributed by atoms with Crippen LogP contribution in [0.1, 0.15) is 31.2 Å². The van der Waals surface area contributed by atoms with E-state index in [2.05, 4.69) is 15.6 Å². The Bertz CT molecular complexity index is 470. The molecule has 1 unspecified atom stereocenters. The third-order valence-electron chi connectivity index (χ3n) is 3.71. The molecule has 2 N–H and O–H groups in total. The van der Waals surface area contributed by atoms with Gasteiger partial charge in [0.05, 0.1) is 0 Å². The Kier molecular flexibility index (Phi) is 6.73. The Labute approximate surface area is 129 Å². The second-order valence-electron chi connectivity index (χ2n) is 5.40. The highest BCUT2D eigenvalue weighted by Crippen LogP contribution is 2.17. The maximum Gasteiger partial charge on any atom is 0.191 e. The van der Waals surface area contributed by atoms with Crippen molar-refractivity contribution in [3.8, 4) is 0 Å². The summed E-state index contributed by atoms with van der Waals surface area (Å²) in [5.41, 5.74) is 1.13. The molecule has 4 nitrogen and oxygen atoms in total.